The van der Waals surface area contributed by atoms with Crippen LogP contribution in [0.3, 0.4) is 0 Å². The Hall–Kier alpha value is -1.20. The summed E-state index contributed by atoms with van der Waals surface area (Å²) in [5.74, 6) is 0.0438. The fraction of sp³-hybridized carbons (Fsp3) is 0.833. The van der Waals surface area contributed by atoms with Crippen LogP contribution in [-0.2, 0) is 19.1 Å². The van der Waals surface area contributed by atoms with Gasteiger partial charge in [-0.2, -0.15) is 0 Å². The number of carboxylic acid groups (broad SMARTS) is 1. The number of fused-ring (bicyclic) bond motifs is 2. The molecule has 0 amide bonds. The molecular formula is C24H36O5. The van der Waals surface area contributed by atoms with E-state index in [1.54, 1.807) is 7.11 Å². The number of carboxylic acids is 1. The predicted octanol–water partition coefficient (Wildman–Crippen LogP) is 3.96. The summed E-state index contributed by atoms with van der Waals surface area (Å²) in [5.41, 5.74) is -1.60. The minimum Gasteiger partial charge on any atom is -0.481 e. The maximum Gasteiger partial charge on any atom is 0.315 e. The third kappa shape index (κ3) is 2.24. The molecule has 1 N–H and O–H groups in total. The average molecular weight is 405 g/mol. The van der Waals surface area contributed by atoms with Gasteiger partial charge >= 0.3 is 5.97 Å². The van der Waals surface area contributed by atoms with Crippen LogP contribution in [0.5, 0.6) is 0 Å². The van der Waals surface area contributed by atoms with Crippen LogP contribution in [0, 0.1) is 45.8 Å². The number of aliphatic carboxylic acids is 1. The fourth-order valence-corrected chi connectivity index (χ4v) is 8.33. The van der Waals surface area contributed by atoms with E-state index in [0.717, 1.165) is 37.7 Å². The Labute approximate surface area is 174 Å². The van der Waals surface area contributed by atoms with Gasteiger partial charge in [-0.15, -0.1) is 0 Å². The van der Waals surface area contributed by atoms with Crippen LogP contribution in [0.2, 0.25) is 0 Å². The molecule has 29 heavy (non-hydrogen) atoms. The highest BCUT2D eigenvalue weighted by Gasteiger charge is 2.84. The molecule has 4 bridgehead atoms. The normalized spacial score (nSPS) is 47.4. The van der Waals surface area contributed by atoms with Crippen LogP contribution < -0.4 is 0 Å². The first-order valence-corrected chi connectivity index (χ1v) is 11.3. The van der Waals surface area contributed by atoms with E-state index in [2.05, 4.69) is 33.8 Å². The molecule has 3 unspecified atom stereocenters. The monoisotopic (exact) mass is 404 g/mol. The highest BCUT2D eigenvalue weighted by Crippen LogP contribution is 2.82. The Morgan fingerprint density at radius 2 is 2.10 bits per heavy atom. The molecule has 0 aromatic heterocycles. The van der Waals surface area contributed by atoms with Crippen molar-refractivity contribution >= 4 is 12.3 Å². The molecule has 8 atom stereocenters. The molecule has 5 heteroatoms. The maximum atomic E-state index is 13.2. The molecule has 4 rings (SSSR count). The van der Waals surface area contributed by atoms with Gasteiger partial charge in [0.05, 0.1) is 18.1 Å². The highest BCUT2D eigenvalue weighted by atomic mass is 16.5. The van der Waals surface area contributed by atoms with Crippen molar-refractivity contribution in [1.82, 2.24) is 0 Å². The van der Waals surface area contributed by atoms with Crippen LogP contribution >= 0.6 is 0 Å². The standard InChI is InChI=1S/C24H36O5/c1-6-7-29-20-9-19-17(15(20)4)11-23(13-28-5)16-8-18(14(2)3)24(23,21(26)27)22(19,10-16)12-25/h8,12,14-17,19-20H,6-7,9-11,13H2,1-5H3,(H,26,27)/t15-,16-,17?,19?,20-,22-,23?,24+/m0/s1. The largest absolute Gasteiger partial charge is 0.481 e. The zero-order valence-electron chi connectivity index (χ0n) is 18.4. The predicted molar refractivity (Wildman–Crippen MR) is 109 cm³/mol. The van der Waals surface area contributed by atoms with E-state index in [0.29, 0.717) is 24.9 Å². The number of ether oxygens (including phenoxy) is 2. The number of aldehydes is 1. The van der Waals surface area contributed by atoms with Crippen LogP contribution in [-0.4, -0.2) is 43.8 Å². The van der Waals surface area contributed by atoms with Crippen molar-refractivity contribution in [2.24, 2.45) is 45.8 Å². The quantitative estimate of drug-likeness (QED) is 0.490. The van der Waals surface area contributed by atoms with Crippen LogP contribution in [0.4, 0.5) is 0 Å². The van der Waals surface area contributed by atoms with Crippen LogP contribution in [0.15, 0.2) is 11.6 Å². The van der Waals surface area contributed by atoms with Gasteiger partial charge in [0.1, 0.15) is 11.7 Å². The minimum atomic E-state index is -1.16. The van der Waals surface area contributed by atoms with Crippen molar-refractivity contribution in [2.45, 2.75) is 59.5 Å². The smallest absolute Gasteiger partial charge is 0.315 e. The molecule has 162 valence electrons. The third-order valence-electron chi connectivity index (χ3n) is 9.14. The maximum absolute atomic E-state index is 13.2. The van der Waals surface area contributed by atoms with E-state index in [1.165, 1.54) is 0 Å². The van der Waals surface area contributed by atoms with Gasteiger partial charge in [-0.3, -0.25) is 4.79 Å². The van der Waals surface area contributed by atoms with E-state index >= 15 is 0 Å². The van der Waals surface area contributed by atoms with Crippen LogP contribution in [0.1, 0.15) is 53.4 Å². The molecule has 3 saturated carbocycles. The molecule has 4 aliphatic carbocycles. The molecule has 3 fully saturated rings. The Morgan fingerprint density at radius 1 is 1.38 bits per heavy atom. The molecule has 0 heterocycles. The number of allylic oxidation sites excluding steroid dienone is 1. The first-order chi connectivity index (χ1) is 13.8. The summed E-state index contributed by atoms with van der Waals surface area (Å²) in [7, 11) is 1.66. The zero-order chi connectivity index (χ0) is 21.2. The van der Waals surface area contributed by atoms with Gasteiger partial charge in [0, 0.05) is 19.1 Å². The number of methoxy groups -OCH3 is 1. The summed E-state index contributed by atoms with van der Waals surface area (Å²) in [6.07, 6.45) is 6.56. The van der Waals surface area contributed by atoms with E-state index < -0.39 is 22.2 Å². The number of rotatable bonds is 8. The summed E-state index contributed by atoms with van der Waals surface area (Å²) in [5, 5.41) is 10.8. The SMILES string of the molecule is CCCO[C@H]1CC2C(CC3(COC)[C@H]4C=C(C(C)C)[C@@]3(C(=O)O)[C@]2(C=O)C4)[C@@H]1C. The second-order valence-electron chi connectivity index (χ2n) is 10.4. The van der Waals surface area contributed by atoms with Gasteiger partial charge < -0.3 is 19.4 Å². The Balaban J connectivity index is 1.90. The topological polar surface area (TPSA) is 72.8 Å². The van der Waals surface area contributed by atoms with Crippen molar-refractivity contribution in [3.05, 3.63) is 11.6 Å². The number of carbonyl (C=O) groups excluding carboxylic acids is 1. The van der Waals surface area contributed by atoms with Gasteiger partial charge in [-0.1, -0.05) is 39.3 Å². The van der Waals surface area contributed by atoms with E-state index in [9.17, 15) is 14.7 Å². The molecule has 0 aromatic rings. The van der Waals surface area contributed by atoms with E-state index in [4.69, 9.17) is 9.47 Å². The molecule has 0 spiro atoms. The number of hydrogen-bond donors (Lipinski definition) is 1. The second kappa shape index (κ2) is 6.91. The van der Waals surface area contributed by atoms with Crippen molar-refractivity contribution < 1.29 is 24.2 Å². The fourth-order valence-electron chi connectivity index (χ4n) is 8.33. The summed E-state index contributed by atoms with van der Waals surface area (Å²) < 4.78 is 11.9. The molecule has 0 aromatic carbocycles. The van der Waals surface area contributed by atoms with Gasteiger partial charge in [-0.05, 0) is 55.3 Å². The lowest BCUT2D eigenvalue weighted by Crippen LogP contribution is -2.63. The first-order valence-electron chi connectivity index (χ1n) is 11.3. The van der Waals surface area contributed by atoms with Gasteiger partial charge in [-0.25, -0.2) is 0 Å². The van der Waals surface area contributed by atoms with Crippen molar-refractivity contribution in [2.75, 3.05) is 20.3 Å². The summed E-state index contributed by atoms with van der Waals surface area (Å²) in [6, 6.07) is 0. The molecule has 0 saturated heterocycles. The molecule has 4 aliphatic rings. The van der Waals surface area contributed by atoms with E-state index in [1.807, 2.05) is 0 Å². The lowest BCUT2D eigenvalue weighted by molar-refractivity contribution is -0.185. The van der Waals surface area contributed by atoms with E-state index in [-0.39, 0.29) is 23.9 Å². The third-order valence-corrected chi connectivity index (χ3v) is 9.14. The Bertz CT molecular complexity index is 729. The van der Waals surface area contributed by atoms with Crippen molar-refractivity contribution in [3.8, 4) is 0 Å². The summed E-state index contributed by atoms with van der Waals surface area (Å²) in [6.45, 7) is 9.58. The summed E-state index contributed by atoms with van der Waals surface area (Å²) >= 11 is 0. The average Bonchev–Trinajstić information content (AvgIpc) is 3.21. The van der Waals surface area contributed by atoms with Crippen LogP contribution in [0.25, 0.3) is 0 Å². The van der Waals surface area contributed by atoms with Crippen molar-refractivity contribution in [3.63, 3.8) is 0 Å². The number of hydrogen-bond acceptors (Lipinski definition) is 4. The molecule has 0 radical (unpaired) electrons. The van der Waals surface area contributed by atoms with Gasteiger partial charge in [0.2, 0.25) is 0 Å². The zero-order valence-corrected chi connectivity index (χ0v) is 18.4. The van der Waals surface area contributed by atoms with Crippen molar-refractivity contribution in [1.29, 1.82) is 0 Å². The molecule has 0 aliphatic heterocycles. The Kier molecular flexibility index (Phi) is 5.02. The van der Waals surface area contributed by atoms with Gasteiger partial charge in [0.15, 0.2) is 0 Å². The second-order valence-corrected chi connectivity index (χ2v) is 10.4. The lowest BCUT2D eigenvalue weighted by atomic mass is 9.43. The minimum absolute atomic E-state index is 0.0605. The molecular weight excluding hydrogens is 368 g/mol. The Morgan fingerprint density at radius 3 is 2.66 bits per heavy atom. The first kappa shape index (κ1) is 21.0. The number of carbonyl (C=O) groups is 2. The lowest BCUT2D eigenvalue weighted by Gasteiger charge is -2.58. The summed E-state index contributed by atoms with van der Waals surface area (Å²) in [4.78, 5) is 26.1. The molecule has 5 nitrogen and oxygen atoms in total. The highest BCUT2D eigenvalue weighted by molar-refractivity contribution is 5.90. The van der Waals surface area contributed by atoms with Gasteiger partial charge in [0.25, 0.3) is 0 Å².